The van der Waals surface area contributed by atoms with E-state index < -0.39 is 5.60 Å². The molecule has 0 atom stereocenters. The predicted molar refractivity (Wildman–Crippen MR) is 82.9 cm³/mol. The Kier molecular flexibility index (Phi) is 3.90. The molecule has 0 saturated heterocycles. The van der Waals surface area contributed by atoms with Gasteiger partial charge in [0.25, 0.3) is 5.91 Å². The van der Waals surface area contributed by atoms with Crippen molar-refractivity contribution in [3.8, 4) is 0 Å². The summed E-state index contributed by atoms with van der Waals surface area (Å²) in [7, 11) is 0. The third-order valence-corrected chi connectivity index (χ3v) is 3.10. The van der Waals surface area contributed by atoms with E-state index in [4.69, 9.17) is 4.74 Å². The summed E-state index contributed by atoms with van der Waals surface area (Å²) in [6, 6.07) is 5.57. The Balaban J connectivity index is 2.25. The second-order valence-electron chi connectivity index (χ2n) is 6.47. The van der Waals surface area contributed by atoms with Gasteiger partial charge in [-0.1, -0.05) is 11.6 Å². The van der Waals surface area contributed by atoms with Crippen molar-refractivity contribution >= 4 is 23.1 Å². The molecule has 0 bridgehead atoms. The fraction of sp³-hybridized carbons (Fsp3) is 0.412. The molecule has 0 aliphatic carbocycles. The van der Waals surface area contributed by atoms with Crippen LogP contribution in [0.15, 0.2) is 23.8 Å². The molecule has 1 N–H and O–H groups in total. The molecule has 2 rings (SSSR count). The van der Waals surface area contributed by atoms with Crippen LogP contribution < -0.4 is 5.32 Å². The molecule has 0 unspecified atom stereocenters. The first-order valence-electron chi connectivity index (χ1n) is 7.01. The number of hydrogen-bond acceptors (Lipinski definition) is 3. The van der Waals surface area contributed by atoms with Crippen LogP contribution in [0.3, 0.4) is 0 Å². The molecule has 4 heteroatoms. The molecule has 0 spiro atoms. The molecule has 0 saturated carbocycles. The van der Waals surface area contributed by atoms with Gasteiger partial charge in [0.1, 0.15) is 5.60 Å². The Labute approximate surface area is 125 Å². The number of benzene rings is 1. The molecule has 1 aliphatic heterocycles. The fourth-order valence-electron chi connectivity index (χ4n) is 2.36. The summed E-state index contributed by atoms with van der Waals surface area (Å²) in [5, 5.41) is 2.83. The quantitative estimate of drug-likeness (QED) is 0.670. The zero-order chi connectivity index (χ0) is 15.8. The van der Waals surface area contributed by atoms with Crippen molar-refractivity contribution < 1.29 is 14.3 Å². The number of nitrogens with one attached hydrogen (secondary N) is 1. The number of amides is 1. The highest BCUT2D eigenvalue weighted by molar-refractivity contribution is 6.32. The summed E-state index contributed by atoms with van der Waals surface area (Å²) in [4.78, 5) is 23.8. The van der Waals surface area contributed by atoms with Crippen LogP contribution in [0.1, 0.15) is 45.7 Å². The first kappa shape index (κ1) is 15.3. The van der Waals surface area contributed by atoms with E-state index in [2.05, 4.69) is 5.32 Å². The number of anilines is 1. The van der Waals surface area contributed by atoms with E-state index in [-0.39, 0.29) is 18.3 Å². The third-order valence-electron chi connectivity index (χ3n) is 3.10. The van der Waals surface area contributed by atoms with Gasteiger partial charge in [0.05, 0.1) is 6.42 Å². The van der Waals surface area contributed by atoms with E-state index >= 15 is 0 Å². The maximum atomic E-state index is 11.9. The molecule has 4 nitrogen and oxygen atoms in total. The maximum Gasteiger partial charge on any atom is 0.310 e. The van der Waals surface area contributed by atoms with Crippen LogP contribution in [0, 0.1) is 0 Å². The first-order valence-corrected chi connectivity index (χ1v) is 7.01. The Bertz CT molecular complexity index is 632. The number of esters is 1. The van der Waals surface area contributed by atoms with Gasteiger partial charge in [-0.05, 0) is 52.3 Å². The lowest BCUT2D eigenvalue weighted by Gasteiger charge is -2.19. The number of carbonyl (C=O) groups is 2. The van der Waals surface area contributed by atoms with Gasteiger partial charge >= 0.3 is 5.97 Å². The van der Waals surface area contributed by atoms with E-state index in [1.54, 1.807) is 0 Å². The monoisotopic (exact) mass is 287 g/mol. The Hall–Kier alpha value is -2.10. The number of rotatable bonds is 2. The summed E-state index contributed by atoms with van der Waals surface area (Å²) in [5.74, 6) is -0.349. The van der Waals surface area contributed by atoms with Crippen molar-refractivity contribution in [1.29, 1.82) is 0 Å². The number of fused-ring (bicyclic) bond motifs is 1. The van der Waals surface area contributed by atoms with E-state index in [1.165, 1.54) is 0 Å². The molecule has 0 aromatic heterocycles. The highest BCUT2D eigenvalue weighted by atomic mass is 16.6. The molecule has 21 heavy (non-hydrogen) atoms. The van der Waals surface area contributed by atoms with Crippen LogP contribution in [-0.4, -0.2) is 17.5 Å². The van der Waals surface area contributed by atoms with Gasteiger partial charge in [0.15, 0.2) is 0 Å². The molecule has 112 valence electrons. The Morgan fingerprint density at radius 3 is 2.48 bits per heavy atom. The minimum Gasteiger partial charge on any atom is -0.460 e. The molecule has 1 heterocycles. The van der Waals surface area contributed by atoms with Crippen molar-refractivity contribution in [3.63, 3.8) is 0 Å². The third kappa shape index (κ3) is 3.51. The molecule has 1 aromatic rings. The Morgan fingerprint density at radius 1 is 1.24 bits per heavy atom. The summed E-state index contributed by atoms with van der Waals surface area (Å²) in [6.07, 6.45) is 0.203. The number of carbonyl (C=O) groups excluding carboxylic acids is 2. The molecule has 0 fully saturated rings. The minimum absolute atomic E-state index is 0.0839. The summed E-state index contributed by atoms with van der Waals surface area (Å²) < 4.78 is 5.32. The standard InChI is InChI=1S/C17H21NO3/c1-10(2)15-12-8-11(6-7-13(12)18-16(15)20)9-14(19)21-17(3,4)5/h6-8H,9H2,1-5H3,(H,18,20). The van der Waals surface area contributed by atoms with Gasteiger partial charge in [0, 0.05) is 16.8 Å². The first-order chi connectivity index (χ1) is 9.67. The normalized spacial score (nSPS) is 13.8. The van der Waals surface area contributed by atoms with Gasteiger partial charge in [-0.25, -0.2) is 0 Å². The highest BCUT2D eigenvalue weighted by Crippen LogP contribution is 2.34. The second-order valence-corrected chi connectivity index (χ2v) is 6.47. The van der Waals surface area contributed by atoms with Crippen LogP contribution in [0.2, 0.25) is 0 Å². The molecule has 1 aliphatic rings. The summed E-state index contributed by atoms with van der Waals surface area (Å²) in [5.41, 5.74) is 3.66. The fourth-order valence-corrected chi connectivity index (χ4v) is 2.36. The van der Waals surface area contributed by atoms with Crippen molar-refractivity contribution in [2.75, 3.05) is 5.32 Å². The summed E-state index contributed by atoms with van der Waals surface area (Å²) in [6.45, 7) is 9.35. The molecule has 0 radical (unpaired) electrons. The largest absolute Gasteiger partial charge is 0.460 e. The van der Waals surface area contributed by atoms with Crippen molar-refractivity contribution in [2.24, 2.45) is 0 Å². The van der Waals surface area contributed by atoms with E-state index in [0.29, 0.717) is 5.57 Å². The van der Waals surface area contributed by atoms with Crippen LogP contribution in [0.25, 0.3) is 5.57 Å². The Morgan fingerprint density at radius 2 is 1.90 bits per heavy atom. The predicted octanol–water partition coefficient (Wildman–Crippen LogP) is 3.32. The second kappa shape index (κ2) is 5.35. The van der Waals surface area contributed by atoms with Crippen LogP contribution >= 0.6 is 0 Å². The topological polar surface area (TPSA) is 55.4 Å². The average molecular weight is 287 g/mol. The smallest absolute Gasteiger partial charge is 0.310 e. The van der Waals surface area contributed by atoms with Gasteiger partial charge in [0.2, 0.25) is 0 Å². The van der Waals surface area contributed by atoms with Gasteiger partial charge in [-0.2, -0.15) is 0 Å². The van der Waals surface area contributed by atoms with Gasteiger partial charge in [-0.15, -0.1) is 0 Å². The van der Waals surface area contributed by atoms with E-state index in [0.717, 1.165) is 22.4 Å². The highest BCUT2D eigenvalue weighted by Gasteiger charge is 2.25. The number of ether oxygens (including phenoxy) is 1. The maximum absolute atomic E-state index is 11.9. The van der Waals surface area contributed by atoms with Crippen LogP contribution in [-0.2, 0) is 20.7 Å². The van der Waals surface area contributed by atoms with Gasteiger partial charge < -0.3 is 10.1 Å². The van der Waals surface area contributed by atoms with Crippen LogP contribution in [0.5, 0.6) is 0 Å². The lowest BCUT2D eigenvalue weighted by atomic mass is 9.99. The zero-order valence-electron chi connectivity index (χ0n) is 13.2. The molecular formula is C17H21NO3. The van der Waals surface area contributed by atoms with Gasteiger partial charge in [-0.3, -0.25) is 9.59 Å². The average Bonchev–Trinajstić information content (AvgIpc) is 2.61. The van der Waals surface area contributed by atoms with Crippen molar-refractivity contribution in [2.45, 2.75) is 46.6 Å². The van der Waals surface area contributed by atoms with E-state index in [1.807, 2.05) is 52.8 Å². The lowest BCUT2D eigenvalue weighted by molar-refractivity contribution is -0.153. The number of hydrogen-bond donors (Lipinski definition) is 1. The summed E-state index contributed by atoms with van der Waals surface area (Å²) >= 11 is 0. The molecule has 1 aromatic carbocycles. The SMILES string of the molecule is CC(C)=C1C(=O)Nc2ccc(CC(=O)OC(C)(C)C)cc21. The minimum atomic E-state index is -0.490. The van der Waals surface area contributed by atoms with Crippen LogP contribution in [0.4, 0.5) is 5.69 Å². The zero-order valence-corrected chi connectivity index (χ0v) is 13.2. The van der Waals surface area contributed by atoms with E-state index in [9.17, 15) is 9.59 Å². The van der Waals surface area contributed by atoms with Crippen molar-refractivity contribution in [1.82, 2.24) is 0 Å². The lowest BCUT2D eigenvalue weighted by Crippen LogP contribution is -2.24. The number of allylic oxidation sites excluding steroid dienone is 1. The van der Waals surface area contributed by atoms with Crippen molar-refractivity contribution in [3.05, 3.63) is 34.9 Å². The molecular weight excluding hydrogens is 266 g/mol. The molecule has 1 amide bonds.